The zero-order valence-corrected chi connectivity index (χ0v) is 23.5. The molecule has 37 heavy (non-hydrogen) atoms. The summed E-state index contributed by atoms with van der Waals surface area (Å²) in [5.41, 5.74) is 2.24. The minimum atomic E-state index is -1.55. The molecule has 0 saturated carbocycles. The summed E-state index contributed by atoms with van der Waals surface area (Å²) in [6.45, 7) is 13.2. The maximum absolute atomic E-state index is 6.32. The minimum absolute atomic E-state index is 0.0416. The molecule has 1 unspecified atom stereocenters. The Hall–Kier alpha value is -2.13. The fourth-order valence-corrected chi connectivity index (χ4v) is 5.14. The van der Waals surface area contributed by atoms with Gasteiger partial charge < -0.3 is 23.8 Å². The van der Waals surface area contributed by atoms with Crippen molar-refractivity contribution in [1.82, 2.24) is 14.6 Å². The monoisotopic (exact) mass is 530 g/mol. The number of hydrogen-bond acceptors (Lipinski definition) is 8. The molecule has 10 heteroatoms. The van der Waals surface area contributed by atoms with Crippen molar-refractivity contribution in [3.8, 4) is 0 Å². The van der Waals surface area contributed by atoms with Crippen LogP contribution in [0.25, 0.3) is 5.52 Å². The van der Waals surface area contributed by atoms with Crippen LogP contribution in [0.2, 0.25) is 0 Å². The molecule has 0 amide bonds. The van der Waals surface area contributed by atoms with E-state index in [2.05, 4.69) is 27.5 Å². The van der Waals surface area contributed by atoms with Crippen molar-refractivity contribution >= 4 is 19.9 Å². The number of ether oxygens (including phenoxy) is 2. The molecule has 0 radical (unpaired) electrons. The molecular formula is C27H39N4O5P. The van der Waals surface area contributed by atoms with E-state index in [-0.39, 0.29) is 30.1 Å². The highest BCUT2D eigenvalue weighted by atomic mass is 31.2. The largest absolute Gasteiger partial charge is 0.374 e. The zero-order chi connectivity index (χ0) is 26.5. The average molecular weight is 531 g/mol. The molecule has 1 aliphatic rings. The highest BCUT2D eigenvalue weighted by molar-refractivity contribution is 7.41. The second-order valence-corrected chi connectivity index (χ2v) is 12.1. The Labute approximate surface area is 220 Å². The number of benzene rings is 1. The lowest BCUT2D eigenvalue weighted by Gasteiger charge is -2.30. The van der Waals surface area contributed by atoms with Crippen LogP contribution >= 0.6 is 8.60 Å². The highest BCUT2D eigenvalue weighted by Crippen LogP contribution is 2.47. The quantitative estimate of drug-likeness (QED) is 0.225. The van der Waals surface area contributed by atoms with Crippen molar-refractivity contribution in [3.63, 3.8) is 0 Å². The first-order valence-electron chi connectivity index (χ1n) is 12.7. The van der Waals surface area contributed by atoms with Crippen molar-refractivity contribution < 1.29 is 23.0 Å². The van der Waals surface area contributed by atoms with Gasteiger partial charge in [0.15, 0.2) is 5.82 Å². The number of anilines is 1. The first-order valence-corrected chi connectivity index (χ1v) is 13.8. The van der Waals surface area contributed by atoms with Gasteiger partial charge in [0.2, 0.25) is 0 Å². The van der Waals surface area contributed by atoms with E-state index in [0.717, 1.165) is 29.6 Å². The maximum atomic E-state index is 6.32. The molecule has 0 bridgehead atoms. The molecule has 0 spiro atoms. The van der Waals surface area contributed by atoms with Gasteiger partial charge in [0.25, 0.3) is 0 Å². The van der Waals surface area contributed by atoms with Gasteiger partial charge in [-0.05, 0) is 72.1 Å². The van der Waals surface area contributed by atoms with Crippen LogP contribution in [0.4, 0.5) is 5.82 Å². The summed E-state index contributed by atoms with van der Waals surface area (Å²) in [4.78, 5) is 4.42. The molecule has 2 aromatic heterocycles. The Morgan fingerprint density at radius 1 is 1.00 bits per heavy atom. The minimum Gasteiger partial charge on any atom is -0.374 e. The SMILES string of the molecule is CC(C)(C)OP(OCNc1ncnn2c([C@H]3CCC(COCc4ccccc4)O3)ccc12)OC(C)(C)C. The number of nitrogens with one attached hydrogen (secondary N) is 1. The maximum Gasteiger partial charge on any atom is 0.335 e. The zero-order valence-electron chi connectivity index (χ0n) is 22.6. The van der Waals surface area contributed by atoms with Gasteiger partial charge >= 0.3 is 8.60 Å². The number of aromatic nitrogens is 3. The highest BCUT2D eigenvalue weighted by Gasteiger charge is 2.30. The van der Waals surface area contributed by atoms with Crippen molar-refractivity contribution in [2.45, 2.75) is 84.4 Å². The molecular weight excluding hydrogens is 491 g/mol. The molecule has 9 nitrogen and oxygen atoms in total. The molecule has 1 aromatic carbocycles. The van der Waals surface area contributed by atoms with E-state index in [1.54, 1.807) is 0 Å². The van der Waals surface area contributed by atoms with Gasteiger partial charge in [-0.2, -0.15) is 5.10 Å². The summed E-state index contributed by atoms with van der Waals surface area (Å²) in [6, 6.07) is 14.2. The normalized spacial score (nSPS) is 18.7. The van der Waals surface area contributed by atoms with Crippen LogP contribution < -0.4 is 5.32 Å². The lowest BCUT2D eigenvalue weighted by molar-refractivity contribution is -0.0221. The van der Waals surface area contributed by atoms with Crippen molar-refractivity contribution in [3.05, 3.63) is 60.0 Å². The Kier molecular flexibility index (Phi) is 9.16. The average Bonchev–Trinajstić information content (AvgIpc) is 3.45. The summed E-state index contributed by atoms with van der Waals surface area (Å²) in [6.07, 6.45) is 3.42. The topological polar surface area (TPSA) is 88.4 Å². The van der Waals surface area contributed by atoms with E-state index in [1.165, 1.54) is 6.33 Å². The third-order valence-corrected chi connectivity index (χ3v) is 7.17. The number of nitrogens with zero attached hydrogens (tertiary/aromatic N) is 3. The number of fused-ring (bicyclic) bond motifs is 1. The molecule has 4 rings (SSSR count). The fourth-order valence-electron chi connectivity index (χ4n) is 3.93. The molecule has 0 aliphatic carbocycles. The molecule has 3 aromatic rings. The van der Waals surface area contributed by atoms with E-state index in [9.17, 15) is 0 Å². The van der Waals surface area contributed by atoms with Gasteiger partial charge in [-0.3, -0.25) is 4.52 Å². The van der Waals surface area contributed by atoms with Gasteiger partial charge in [0.05, 0.1) is 36.2 Å². The van der Waals surface area contributed by atoms with Crippen LogP contribution in [0.3, 0.4) is 0 Å². The summed E-state index contributed by atoms with van der Waals surface area (Å²) in [5, 5.41) is 7.73. The van der Waals surface area contributed by atoms with Gasteiger partial charge in [-0.25, -0.2) is 9.50 Å². The predicted molar refractivity (Wildman–Crippen MR) is 144 cm³/mol. The Balaban J connectivity index is 1.33. The lowest BCUT2D eigenvalue weighted by atomic mass is 10.1. The van der Waals surface area contributed by atoms with Crippen LogP contribution in [-0.2, 0) is 29.7 Å². The van der Waals surface area contributed by atoms with Gasteiger partial charge in [-0.1, -0.05) is 30.3 Å². The fraction of sp³-hybridized carbons (Fsp3) is 0.556. The summed E-state index contributed by atoms with van der Waals surface area (Å²) in [5.74, 6) is 0.670. The van der Waals surface area contributed by atoms with Crippen molar-refractivity contribution in [1.29, 1.82) is 0 Å². The number of hydrogen-bond donors (Lipinski definition) is 1. The van der Waals surface area contributed by atoms with E-state index >= 15 is 0 Å². The molecule has 1 saturated heterocycles. The van der Waals surface area contributed by atoms with Crippen molar-refractivity contribution in [2.24, 2.45) is 0 Å². The predicted octanol–water partition coefficient (Wildman–Crippen LogP) is 6.41. The third-order valence-electron chi connectivity index (χ3n) is 5.44. The van der Waals surface area contributed by atoms with E-state index in [0.29, 0.717) is 19.0 Å². The summed E-state index contributed by atoms with van der Waals surface area (Å²) >= 11 is 0. The Bertz CT molecular complexity index is 1110. The van der Waals surface area contributed by atoms with Crippen LogP contribution in [0, 0.1) is 0 Å². The second kappa shape index (κ2) is 12.2. The molecule has 2 atom stereocenters. The van der Waals surface area contributed by atoms with Crippen LogP contribution in [0.1, 0.15) is 71.7 Å². The Morgan fingerprint density at radius 2 is 1.73 bits per heavy atom. The lowest BCUT2D eigenvalue weighted by Crippen LogP contribution is -2.23. The molecule has 3 heterocycles. The van der Waals surface area contributed by atoms with Crippen LogP contribution in [0.5, 0.6) is 0 Å². The molecule has 202 valence electrons. The third kappa shape index (κ3) is 8.43. The molecule has 1 fully saturated rings. The van der Waals surface area contributed by atoms with Gasteiger partial charge in [-0.15, -0.1) is 0 Å². The summed E-state index contributed by atoms with van der Waals surface area (Å²) in [7, 11) is -1.55. The number of rotatable bonds is 11. The van der Waals surface area contributed by atoms with Gasteiger partial charge in [0, 0.05) is 0 Å². The molecule has 1 N–H and O–H groups in total. The standard InChI is InChI=1S/C27H39N4O5P/c1-26(2,3)35-37(36-27(4,5)6)33-19-29-25-23-14-13-22(31(23)30-18-28-25)24-15-12-21(34-24)17-32-16-20-10-8-7-9-11-20/h7-11,13-14,18,21,24H,12,15-17,19H2,1-6H3,(H,28,29,30)/t21?,24-/m1/s1. The van der Waals surface area contributed by atoms with E-state index < -0.39 is 8.60 Å². The van der Waals surface area contributed by atoms with Gasteiger partial charge in [0.1, 0.15) is 24.7 Å². The van der Waals surface area contributed by atoms with E-state index in [4.69, 9.17) is 23.0 Å². The van der Waals surface area contributed by atoms with Crippen molar-refractivity contribution in [2.75, 3.05) is 18.7 Å². The smallest absolute Gasteiger partial charge is 0.335 e. The first-order chi connectivity index (χ1) is 17.6. The van der Waals surface area contributed by atoms with E-state index in [1.807, 2.05) is 76.4 Å². The van der Waals surface area contributed by atoms with Crippen LogP contribution in [-0.4, -0.2) is 45.2 Å². The Morgan fingerprint density at radius 3 is 2.43 bits per heavy atom. The van der Waals surface area contributed by atoms with Crippen LogP contribution in [0.15, 0.2) is 48.8 Å². The first kappa shape index (κ1) is 27.9. The summed E-state index contributed by atoms with van der Waals surface area (Å²) < 4.78 is 32.0. The molecule has 1 aliphatic heterocycles. The second-order valence-electron chi connectivity index (χ2n) is 11.1.